The van der Waals surface area contributed by atoms with Crippen LogP contribution in [0.5, 0.6) is 5.75 Å². The molecule has 21 heavy (non-hydrogen) atoms. The normalized spacial score (nSPS) is 12.0. The minimum atomic E-state index is -0.194. The van der Waals surface area contributed by atoms with Gasteiger partial charge >= 0.3 is 0 Å². The summed E-state index contributed by atoms with van der Waals surface area (Å²) in [5, 5.41) is 3.34. The van der Waals surface area contributed by atoms with Gasteiger partial charge in [-0.25, -0.2) is 4.39 Å². The Balaban J connectivity index is 2.20. The lowest BCUT2D eigenvalue weighted by atomic mass is 10.1. The molecule has 0 bridgehead atoms. The first-order valence-corrected chi connectivity index (χ1v) is 7.36. The first kappa shape index (κ1) is 15.4. The zero-order valence-electron chi connectivity index (χ0n) is 12.8. The minimum absolute atomic E-state index is 0.127. The molecule has 2 aromatic carbocycles. The number of rotatable bonds is 6. The molecule has 0 aliphatic rings. The Bertz CT molecular complexity index is 598. The van der Waals surface area contributed by atoms with E-state index in [4.69, 9.17) is 4.74 Å². The maximum absolute atomic E-state index is 13.8. The molecule has 0 saturated heterocycles. The van der Waals surface area contributed by atoms with Crippen molar-refractivity contribution >= 4 is 5.69 Å². The van der Waals surface area contributed by atoms with E-state index < -0.39 is 0 Å². The van der Waals surface area contributed by atoms with Crippen LogP contribution in [0.25, 0.3) is 0 Å². The quantitative estimate of drug-likeness (QED) is 0.798. The minimum Gasteiger partial charge on any atom is -0.491 e. The van der Waals surface area contributed by atoms with E-state index in [1.165, 1.54) is 6.07 Å². The number of hydrogen-bond donors (Lipinski definition) is 1. The highest BCUT2D eigenvalue weighted by Gasteiger charge is 2.12. The second kappa shape index (κ2) is 7.11. The molecular formula is C18H22FNO. The molecule has 2 aromatic rings. The molecule has 112 valence electrons. The summed E-state index contributed by atoms with van der Waals surface area (Å²) in [4.78, 5) is 0. The van der Waals surface area contributed by atoms with E-state index in [9.17, 15) is 4.39 Å². The number of halogens is 1. The van der Waals surface area contributed by atoms with Crippen molar-refractivity contribution in [1.82, 2.24) is 0 Å². The summed E-state index contributed by atoms with van der Waals surface area (Å²) >= 11 is 0. The van der Waals surface area contributed by atoms with E-state index in [1.54, 1.807) is 12.1 Å². The lowest BCUT2D eigenvalue weighted by Crippen LogP contribution is -2.10. The summed E-state index contributed by atoms with van der Waals surface area (Å²) in [5.74, 6) is 0.626. The molecule has 0 aromatic heterocycles. The van der Waals surface area contributed by atoms with Gasteiger partial charge in [-0.3, -0.25) is 0 Å². The number of ether oxygens (including phenoxy) is 1. The van der Waals surface area contributed by atoms with Crippen molar-refractivity contribution in [1.29, 1.82) is 0 Å². The molecule has 2 rings (SSSR count). The molecule has 1 N–H and O–H groups in total. The number of benzene rings is 2. The van der Waals surface area contributed by atoms with Gasteiger partial charge in [0.15, 0.2) is 0 Å². The number of nitrogens with one attached hydrogen (secondary N) is 1. The number of aryl methyl sites for hydroxylation is 1. The molecule has 1 atom stereocenters. The van der Waals surface area contributed by atoms with Crippen LogP contribution in [0.3, 0.4) is 0 Å². The Hall–Kier alpha value is -2.03. The molecule has 0 amide bonds. The number of anilines is 1. The van der Waals surface area contributed by atoms with Crippen molar-refractivity contribution in [2.24, 2.45) is 0 Å². The summed E-state index contributed by atoms with van der Waals surface area (Å²) < 4.78 is 19.6. The molecular weight excluding hydrogens is 265 g/mol. The van der Waals surface area contributed by atoms with Gasteiger partial charge in [0.25, 0.3) is 0 Å². The fourth-order valence-electron chi connectivity index (χ4n) is 2.22. The Morgan fingerprint density at radius 1 is 1.19 bits per heavy atom. The van der Waals surface area contributed by atoms with Crippen LogP contribution in [0.4, 0.5) is 10.1 Å². The topological polar surface area (TPSA) is 21.3 Å². The van der Waals surface area contributed by atoms with E-state index in [0.717, 1.165) is 23.4 Å². The Kier molecular flexibility index (Phi) is 5.20. The zero-order chi connectivity index (χ0) is 15.2. The van der Waals surface area contributed by atoms with E-state index in [2.05, 4.69) is 12.2 Å². The highest BCUT2D eigenvalue weighted by atomic mass is 19.1. The summed E-state index contributed by atoms with van der Waals surface area (Å²) in [6.07, 6.45) is 0.955. The predicted molar refractivity (Wildman–Crippen MR) is 85.4 cm³/mol. The van der Waals surface area contributed by atoms with E-state index in [0.29, 0.717) is 12.2 Å². The van der Waals surface area contributed by atoms with Crippen LogP contribution >= 0.6 is 0 Å². The molecule has 0 aliphatic heterocycles. The largest absolute Gasteiger partial charge is 0.491 e. The first-order chi connectivity index (χ1) is 10.1. The smallest absolute Gasteiger partial charge is 0.142 e. The molecule has 0 spiro atoms. The van der Waals surface area contributed by atoms with Gasteiger partial charge in [0.1, 0.15) is 11.6 Å². The lowest BCUT2D eigenvalue weighted by molar-refractivity contribution is 0.318. The lowest BCUT2D eigenvalue weighted by Gasteiger charge is -2.19. The average Bonchev–Trinajstić information content (AvgIpc) is 2.47. The van der Waals surface area contributed by atoms with Gasteiger partial charge in [-0.05, 0) is 44.0 Å². The second-order valence-corrected chi connectivity index (χ2v) is 5.24. The second-order valence-electron chi connectivity index (χ2n) is 5.24. The summed E-state index contributed by atoms with van der Waals surface area (Å²) in [6, 6.07) is 12.7. The van der Waals surface area contributed by atoms with Gasteiger partial charge in [-0.1, -0.05) is 31.2 Å². The molecule has 0 radical (unpaired) electrons. The Labute approximate surface area is 126 Å². The first-order valence-electron chi connectivity index (χ1n) is 7.36. The van der Waals surface area contributed by atoms with E-state index in [1.807, 2.05) is 38.1 Å². The van der Waals surface area contributed by atoms with Crippen LogP contribution in [0.2, 0.25) is 0 Å². The maximum atomic E-state index is 13.8. The third kappa shape index (κ3) is 3.97. The summed E-state index contributed by atoms with van der Waals surface area (Å²) in [7, 11) is 0. The van der Waals surface area contributed by atoms with Crippen molar-refractivity contribution in [3.05, 3.63) is 59.4 Å². The fraction of sp³-hybridized carbons (Fsp3) is 0.333. The molecule has 0 aliphatic carbocycles. The monoisotopic (exact) mass is 287 g/mol. The van der Waals surface area contributed by atoms with Crippen LogP contribution in [0.15, 0.2) is 42.5 Å². The highest BCUT2D eigenvalue weighted by Crippen LogP contribution is 2.30. The van der Waals surface area contributed by atoms with Gasteiger partial charge < -0.3 is 10.1 Å². The van der Waals surface area contributed by atoms with Crippen LogP contribution in [-0.2, 0) is 0 Å². The van der Waals surface area contributed by atoms with Crippen molar-refractivity contribution in [3.63, 3.8) is 0 Å². The average molecular weight is 287 g/mol. The van der Waals surface area contributed by atoms with Crippen molar-refractivity contribution in [2.45, 2.75) is 33.2 Å². The van der Waals surface area contributed by atoms with Gasteiger partial charge in [-0.15, -0.1) is 0 Å². The van der Waals surface area contributed by atoms with E-state index >= 15 is 0 Å². The van der Waals surface area contributed by atoms with Crippen molar-refractivity contribution in [2.75, 3.05) is 11.9 Å². The summed E-state index contributed by atoms with van der Waals surface area (Å²) in [5.41, 5.74) is 2.69. The molecule has 2 nitrogen and oxygen atoms in total. The van der Waals surface area contributed by atoms with Crippen LogP contribution in [0, 0.1) is 12.7 Å². The Morgan fingerprint density at radius 3 is 2.67 bits per heavy atom. The SMILES string of the molecule is CCCOc1cc(C)ccc1NC(C)c1ccccc1F. The highest BCUT2D eigenvalue weighted by molar-refractivity contribution is 5.58. The van der Waals surface area contributed by atoms with Crippen molar-refractivity contribution < 1.29 is 9.13 Å². The van der Waals surface area contributed by atoms with Gasteiger partial charge in [0, 0.05) is 5.56 Å². The van der Waals surface area contributed by atoms with Crippen LogP contribution < -0.4 is 10.1 Å². The predicted octanol–water partition coefficient (Wildman–Crippen LogP) is 5.10. The van der Waals surface area contributed by atoms with Gasteiger partial charge in [-0.2, -0.15) is 0 Å². The van der Waals surface area contributed by atoms with E-state index in [-0.39, 0.29) is 11.9 Å². The summed E-state index contributed by atoms with van der Waals surface area (Å²) in [6.45, 7) is 6.72. The van der Waals surface area contributed by atoms with Crippen LogP contribution in [-0.4, -0.2) is 6.61 Å². The standard InChI is InChI=1S/C18H22FNO/c1-4-11-21-18-12-13(2)9-10-17(18)20-14(3)15-7-5-6-8-16(15)19/h5-10,12,14,20H,4,11H2,1-3H3. The molecule has 0 fully saturated rings. The third-order valence-corrected chi connectivity index (χ3v) is 3.34. The Morgan fingerprint density at radius 2 is 1.95 bits per heavy atom. The zero-order valence-corrected chi connectivity index (χ0v) is 12.8. The van der Waals surface area contributed by atoms with Gasteiger partial charge in [0.2, 0.25) is 0 Å². The van der Waals surface area contributed by atoms with Crippen LogP contribution in [0.1, 0.15) is 37.4 Å². The van der Waals surface area contributed by atoms with Crippen molar-refractivity contribution in [3.8, 4) is 5.75 Å². The molecule has 1 unspecified atom stereocenters. The number of hydrogen-bond acceptors (Lipinski definition) is 2. The molecule has 0 saturated carbocycles. The molecule has 3 heteroatoms. The fourth-order valence-corrected chi connectivity index (χ4v) is 2.22. The maximum Gasteiger partial charge on any atom is 0.142 e. The molecule has 0 heterocycles. The van der Waals surface area contributed by atoms with Gasteiger partial charge in [0.05, 0.1) is 18.3 Å². The third-order valence-electron chi connectivity index (χ3n) is 3.34.